The van der Waals surface area contributed by atoms with Gasteiger partial charge in [0.25, 0.3) is 0 Å². The van der Waals surface area contributed by atoms with Gasteiger partial charge in [0, 0.05) is 0 Å². The zero-order valence-corrected chi connectivity index (χ0v) is 9.30. The molecule has 0 bridgehead atoms. The number of hydrogen-bond donors (Lipinski definition) is 1. The molecule has 0 aliphatic heterocycles. The van der Waals surface area contributed by atoms with E-state index < -0.39 is 6.10 Å². The Labute approximate surface area is 95.0 Å². The van der Waals surface area contributed by atoms with E-state index in [-0.39, 0.29) is 17.8 Å². The summed E-state index contributed by atoms with van der Waals surface area (Å²) in [6, 6.07) is 9.85. The molecule has 0 aromatic heterocycles. The van der Waals surface area contributed by atoms with Crippen molar-refractivity contribution in [2.45, 2.75) is 24.9 Å². The summed E-state index contributed by atoms with van der Waals surface area (Å²) in [5, 5.41) is 9.67. The number of hydrogen-bond acceptors (Lipinski definition) is 3. The van der Waals surface area contributed by atoms with E-state index in [2.05, 4.69) is 0 Å². The Bertz CT molecular complexity index is 361. The zero-order chi connectivity index (χ0) is 11.5. The van der Waals surface area contributed by atoms with Crippen LogP contribution >= 0.6 is 0 Å². The molecular formula is C13H16O3. The third kappa shape index (κ3) is 2.09. The van der Waals surface area contributed by atoms with Gasteiger partial charge in [0.05, 0.1) is 19.1 Å². The minimum atomic E-state index is -0.394. The highest BCUT2D eigenvalue weighted by atomic mass is 16.5. The average Bonchev–Trinajstić information content (AvgIpc) is 2.71. The van der Waals surface area contributed by atoms with E-state index in [0.29, 0.717) is 12.8 Å². The van der Waals surface area contributed by atoms with Crippen molar-refractivity contribution in [3.63, 3.8) is 0 Å². The van der Waals surface area contributed by atoms with Gasteiger partial charge in [-0.2, -0.15) is 0 Å². The predicted octanol–water partition coefficient (Wildman–Crippen LogP) is 1.71. The van der Waals surface area contributed by atoms with Crippen molar-refractivity contribution in [2.75, 3.05) is 7.11 Å². The van der Waals surface area contributed by atoms with Crippen molar-refractivity contribution in [3.05, 3.63) is 35.9 Å². The van der Waals surface area contributed by atoms with Crippen molar-refractivity contribution in [1.29, 1.82) is 0 Å². The number of methoxy groups -OCH3 is 1. The largest absolute Gasteiger partial charge is 0.469 e. The summed E-state index contributed by atoms with van der Waals surface area (Å²) in [6.07, 6.45) is 0.755. The number of carbonyl (C=O) groups is 1. The van der Waals surface area contributed by atoms with Crippen LogP contribution in [-0.4, -0.2) is 24.3 Å². The van der Waals surface area contributed by atoms with Gasteiger partial charge in [-0.25, -0.2) is 0 Å². The standard InChI is InChI=1S/C13H16O3/c1-16-13(15)12-8-10(14)7-11(12)9-5-3-2-4-6-9/h2-6,10-12,14H,7-8H2,1H3/t10-,11?,12+/m0/s1. The summed E-state index contributed by atoms with van der Waals surface area (Å²) in [6.45, 7) is 0. The molecule has 0 heterocycles. The lowest BCUT2D eigenvalue weighted by Crippen LogP contribution is -2.19. The highest BCUT2D eigenvalue weighted by molar-refractivity contribution is 5.74. The first-order valence-electron chi connectivity index (χ1n) is 5.53. The molecule has 1 unspecified atom stereocenters. The molecule has 3 heteroatoms. The van der Waals surface area contributed by atoms with E-state index in [0.717, 1.165) is 5.56 Å². The number of ether oxygens (including phenoxy) is 1. The molecule has 1 fully saturated rings. The molecule has 3 nitrogen and oxygen atoms in total. The highest BCUT2D eigenvalue weighted by Crippen LogP contribution is 2.40. The number of benzene rings is 1. The third-order valence-electron chi connectivity index (χ3n) is 3.27. The second-order valence-corrected chi connectivity index (χ2v) is 4.27. The summed E-state index contributed by atoms with van der Waals surface area (Å²) >= 11 is 0. The second kappa shape index (κ2) is 4.66. The molecule has 0 spiro atoms. The lowest BCUT2D eigenvalue weighted by Gasteiger charge is -2.17. The Balaban J connectivity index is 2.22. The average molecular weight is 220 g/mol. The number of esters is 1. The van der Waals surface area contributed by atoms with Crippen molar-refractivity contribution < 1.29 is 14.6 Å². The second-order valence-electron chi connectivity index (χ2n) is 4.27. The van der Waals surface area contributed by atoms with Gasteiger partial charge in [0.1, 0.15) is 0 Å². The van der Waals surface area contributed by atoms with Gasteiger partial charge in [-0.1, -0.05) is 30.3 Å². The Kier molecular flexibility index (Phi) is 3.25. The molecule has 1 N–H and O–H groups in total. The van der Waals surface area contributed by atoms with E-state index in [1.54, 1.807) is 0 Å². The molecule has 2 rings (SSSR count). The molecule has 1 aromatic rings. The normalized spacial score (nSPS) is 29.0. The van der Waals surface area contributed by atoms with Gasteiger partial charge < -0.3 is 9.84 Å². The van der Waals surface area contributed by atoms with Gasteiger partial charge in [-0.05, 0) is 24.3 Å². The van der Waals surface area contributed by atoms with Crippen molar-refractivity contribution in [2.24, 2.45) is 5.92 Å². The summed E-state index contributed by atoms with van der Waals surface area (Å²) in [5.74, 6) is -0.337. The van der Waals surface area contributed by atoms with Crippen molar-refractivity contribution in [1.82, 2.24) is 0 Å². The molecule has 0 radical (unpaired) electrons. The number of rotatable bonds is 2. The number of carbonyl (C=O) groups excluding carboxylic acids is 1. The first kappa shape index (κ1) is 11.1. The fourth-order valence-electron chi connectivity index (χ4n) is 2.49. The topological polar surface area (TPSA) is 46.5 Å². The molecule has 86 valence electrons. The smallest absolute Gasteiger partial charge is 0.309 e. The van der Waals surface area contributed by atoms with Crippen LogP contribution in [0.2, 0.25) is 0 Å². The van der Waals surface area contributed by atoms with Crippen LogP contribution in [0.1, 0.15) is 24.3 Å². The van der Waals surface area contributed by atoms with E-state index in [1.807, 2.05) is 30.3 Å². The van der Waals surface area contributed by atoms with Crippen LogP contribution < -0.4 is 0 Å². The summed E-state index contributed by atoms with van der Waals surface area (Å²) in [5.41, 5.74) is 1.11. The first-order valence-corrected chi connectivity index (χ1v) is 5.53. The molecule has 1 aliphatic carbocycles. The fourth-order valence-corrected chi connectivity index (χ4v) is 2.49. The van der Waals surface area contributed by atoms with Gasteiger partial charge in [-0.3, -0.25) is 4.79 Å². The van der Waals surface area contributed by atoms with Crippen LogP contribution in [0, 0.1) is 5.92 Å². The lowest BCUT2D eigenvalue weighted by atomic mass is 9.89. The van der Waals surface area contributed by atoms with Crippen LogP contribution in [0.3, 0.4) is 0 Å². The molecule has 1 aromatic carbocycles. The third-order valence-corrected chi connectivity index (χ3v) is 3.27. The van der Waals surface area contributed by atoms with Gasteiger partial charge in [0.15, 0.2) is 0 Å². The molecule has 16 heavy (non-hydrogen) atoms. The maximum Gasteiger partial charge on any atom is 0.309 e. The minimum Gasteiger partial charge on any atom is -0.469 e. The minimum absolute atomic E-state index is 0.0867. The van der Waals surface area contributed by atoms with Crippen LogP contribution in [0.15, 0.2) is 30.3 Å². The van der Waals surface area contributed by atoms with Crippen LogP contribution in [-0.2, 0) is 9.53 Å². The summed E-state index contributed by atoms with van der Waals surface area (Å²) in [4.78, 5) is 11.6. The zero-order valence-electron chi connectivity index (χ0n) is 9.30. The SMILES string of the molecule is COC(=O)[C@@H]1C[C@@H](O)CC1c1ccccc1. The Morgan fingerprint density at radius 1 is 1.31 bits per heavy atom. The Morgan fingerprint density at radius 2 is 2.00 bits per heavy atom. The predicted molar refractivity (Wildman–Crippen MR) is 59.9 cm³/mol. The highest BCUT2D eigenvalue weighted by Gasteiger charge is 2.39. The van der Waals surface area contributed by atoms with Gasteiger partial charge >= 0.3 is 5.97 Å². The first-order chi connectivity index (χ1) is 7.72. The van der Waals surface area contributed by atoms with Crippen LogP contribution in [0.4, 0.5) is 0 Å². The van der Waals surface area contributed by atoms with Gasteiger partial charge in [0.2, 0.25) is 0 Å². The van der Waals surface area contributed by atoms with E-state index in [9.17, 15) is 9.90 Å². The summed E-state index contributed by atoms with van der Waals surface area (Å²) < 4.78 is 4.78. The molecule has 1 saturated carbocycles. The molecule has 3 atom stereocenters. The molecular weight excluding hydrogens is 204 g/mol. The fraction of sp³-hybridized carbons (Fsp3) is 0.462. The quantitative estimate of drug-likeness (QED) is 0.772. The Morgan fingerprint density at radius 3 is 2.62 bits per heavy atom. The van der Waals surface area contributed by atoms with Crippen molar-refractivity contribution in [3.8, 4) is 0 Å². The van der Waals surface area contributed by atoms with Gasteiger partial charge in [-0.15, -0.1) is 0 Å². The number of aliphatic hydroxyl groups excluding tert-OH is 1. The van der Waals surface area contributed by atoms with Crippen molar-refractivity contribution >= 4 is 5.97 Å². The number of aliphatic hydroxyl groups is 1. The maximum atomic E-state index is 11.6. The molecule has 0 amide bonds. The lowest BCUT2D eigenvalue weighted by molar-refractivity contribution is -0.145. The van der Waals surface area contributed by atoms with E-state index in [4.69, 9.17) is 4.74 Å². The van der Waals surface area contributed by atoms with Crippen LogP contribution in [0.5, 0.6) is 0 Å². The monoisotopic (exact) mass is 220 g/mol. The maximum absolute atomic E-state index is 11.6. The van der Waals surface area contributed by atoms with Crippen LogP contribution in [0.25, 0.3) is 0 Å². The molecule has 0 saturated heterocycles. The van der Waals surface area contributed by atoms with E-state index >= 15 is 0 Å². The van der Waals surface area contributed by atoms with E-state index in [1.165, 1.54) is 7.11 Å². The Hall–Kier alpha value is -1.35. The molecule has 1 aliphatic rings. The summed E-state index contributed by atoms with van der Waals surface area (Å²) in [7, 11) is 1.40.